The van der Waals surface area contributed by atoms with Gasteiger partial charge in [-0.15, -0.1) is 0 Å². The van der Waals surface area contributed by atoms with Crippen LogP contribution in [0.25, 0.3) is 0 Å². The third-order valence-corrected chi connectivity index (χ3v) is 3.78. The molecule has 0 saturated carbocycles. The minimum absolute atomic E-state index is 0.101. The van der Waals surface area contributed by atoms with Crippen LogP contribution in [0.3, 0.4) is 0 Å². The fourth-order valence-electron chi connectivity index (χ4n) is 2.43. The lowest BCUT2D eigenvalue weighted by Crippen LogP contribution is -2.18. The van der Waals surface area contributed by atoms with Gasteiger partial charge in [-0.2, -0.15) is 0 Å². The van der Waals surface area contributed by atoms with Crippen molar-refractivity contribution >= 4 is 17.3 Å². The van der Waals surface area contributed by atoms with Crippen molar-refractivity contribution in [3.05, 3.63) is 57.6 Å². The third-order valence-electron chi connectivity index (χ3n) is 3.78. The number of amides is 1. The molecule has 0 atom stereocenters. The molecule has 132 valence electrons. The van der Waals surface area contributed by atoms with Gasteiger partial charge < -0.3 is 20.1 Å². The molecule has 0 unspecified atom stereocenters. The van der Waals surface area contributed by atoms with E-state index in [0.717, 1.165) is 5.69 Å². The molecule has 0 aliphatic heterocycles. The summed E-state index contributed by atoms with van der Waals surface area (Å²) < 4.78 is 10.5. The highest BCUT2D eigenvalue weighted by Gasteiger charge is 2.18. The standard InChI is InChI=1S/C17H19N3O5/c1-19(13-6-7-15(24-2)16(9-13)25-3)10-12-5-4-11(17(18)21)8-14(12)20(22)23/h4-9H,10H2,1-3H3,(H2,18,21). The monoisotopic (exact) mass is 345 g/mol. The lowest BCUT2D eigenvalue weighted by Gasteiger charge is -2.21. The van der Waals surface area contributed by atoms with Crippen molar-refractivity contribution in [2.75, 3.05) is 26.2 Å². The van der Waals surface area contributed by atoms with Crippen molar-refractivity contribution in [1.29, 1.82) is 0 Å². The Morgan fingerprint density at radius 2 is 1.84 bits per heavy atom. The quantitative estimate of drug-likeness (QED) is 0.609. The molecule has 8 nitrogen and oxygen atoms in total. The van der Waals surface area contributed by atoms with Crippen LogP contribution < -0.4 is 20.1 Å². The molecular weight excluding hydrogens is 326 g/mol. The number of nitrogens with two attached hydrogens (primary N) is 1. The maximum atomic E-state index is 11.3. The van der Waals surface area contributed by atoms with Gasteiger partial charge >= 0.3 is 0 Å². The van der Waals surface area contributed by atoms with E-state index in [9.17, 15) is 14.9 Å². The zero-order chi connectivity index (χ0) is 18.6. The number of carbonyl (C=O) groups is 1. The van der Waals surface area contributed by atoms with Gasteiger partial charge in [-0.3, -0.25) is 14.9 Å². The molecule has 25 heavy (non-hydrogen) atoms. The highest BCUT2D eigenvalue weighted by molar-refractivity contribution is 5.93. The second-order valence-corrected chi connectivity index (χ2v) is 5.36. The van der Waals surface area contributed by atoms with Crippen LogP contribution >= 0.6 is 0 Å². The molecule has 0 fully saturated rings. The van der Waals surface area contributed by atoms with Crippen molar-refractivity contribution < 1.29 is 19.2 Å². The fourth-order valence-corrected chi connectivity index (χ4v) is 2.43. The number of nitro groups is 1. The number of nitrogens with zero attached hydrogens (tertiary/aromatic N) is 2. The van der Waals surface area contributed by atoms with Gasteiger partial charge in [-0.05, 0) is 24.3 Å². The Bertz CT molecular complexity index is 807. The van der Waals surface area contributed by atoms with Crippen LogP contribution in [-0.4, -0.2) is 32.1 Å². The summed E-state index contributed by atoms with van der Waals surface area (Å²) in [7, 11) is 4.88. The number of hydrogen-bond donors (Lipinski definition) is 1. The number of hydrogen-bond acceptors (Lipinski definition) is 6. The second kappa shape index (κ2) is 7.52. The Kier molecular flexibility index (Phi) is 5.43. The molecule has 0 saturated heterocycles. The van der Waals surface area contributed by atoms with Crippen molar-refractivity contribution in [1.82, 2.24) is 0 Å². The number of rotatable bonds is 7. The summed E-state index contributed by atoms with van der Waals surface area (Å²) in [5.74, 6) is 0.449. The maximum Gasteiger partial charge on any atom is 0.275 e. The number of nitro benzene ring substituents is 1. The third kappa shape index (κ3) is 3.97. The molecule has 0 aromatic heterocycles. The van der Waals surface area contributed by atoms with Gasteiger partial charge in [-0.25, -0.2) is 0 Å². The van der Waals surface area contributed by atoms with E-state index in [1.165, 1.54) is 25.3 Å². The molecule has 0 spiro atoms. The zero-order valence-electron chi connectivity index (χ0n) is 14.2. The largest absolute Gasteiger partial charge is 0.493 e. The average Bonchev–Trinajstić information content (AvgIpc) is 2.60. The van der Waals surface area contributed by atoms with E-state index in [2.05, 4.69) is 0 Å². The summed E-state index contributed by atoms with van der Waals surface area (Å²) in [4.78, 5) is 23.8. The van der Waals surface area contributed by atoms with Gasteiger partial charge in [0, 0.05) is 42.5 Å². The molecular formula is C17H19N3O5. The fraction of sp³-hybridized carbons (Fsp3) is 0.235. The number of ether oxygens (including phenoxy) is 2. The maximum absolute atomic E-state index is 11.3. The SMILES string of the molecule is COc1ccc(N(C)Cc2ccc(C(N)=O)cc2[N+](=O)[O-])cc1OC. The molecule has 2 rings (SSSR count). The number of benzene rings is 2. The molecule has 2 N–H and O–H groups in total. The molecule has 0 aliphatic rings. The first-order valence-corrected chi connectivity index (χ1v) is 7.37. The first kappa shape index (κ1) is 18.1. The minimum Gasteiger partial charge on any atom is -0.493 e. The molecule has 0 radical (unpaired) electrons. The van der Waals surface area contributed by atoms with E-state index in [1.807, 2.05) is 11.0 Å². The lowest BCUT2D eigenvalue weighted by molar-refractivity contribution is -0.385. The van der Waals surface area contributed by atoms with Crippen LogP contribution in [-0.2, 0) is 6.54 Å². The summed E-state index contributed by atoms with van der Waals surface area (Å²) in [5.41, 5.74) is 6.40. The molecule has 0 aliphatic carbocycles. The topological polar surface area (TPSA) is 108 Å². The Labute approximate surface area is 144 Å². The van der Waals surface area contributed by atoms with E-state index in [4.69, 9.17) is 15.2 Å². The van der Waals surface area contributed by atoms with Gasteiger partial charge in [0.2, 0.25) is 5.91 Å². The number of anilines is 1. The van der Waals surface area contributed by atoms with Crippen LogP contribution in [0.5, 0.6) is 11.5 Å². The van der Waals surface area contributed by atoms with Crippen molar-refractivity contribution in [2.45, 2.75) is 6.54 Å². The Hall–Kier alpha value is -3.29. The molecule has 1 amide bonds. The van der Waals surface area contributed by atoms with E-state index in [0.29, 0.717) is 17.1 Å². The summed E-state index contributed by atoms with van der Waals surface area (Å²) >= 11 is 0. The number of carbonyl (C=O) groups excluding carboxylic acids is 1. The zero-order valence-corrected chi connectivity index (χ0v) is 14.2. The smallest absolute Gasteiger partial charge is 0.275 e. The van der Waals surface area contributed by atoms with E-state index in [-0.39, 0.29) is 17.8 Å². The van der Waals surface area contributed by atoms with Gasteiger partial charge in [0.05, 0.1) is 19.1 Å². The van der Waals surface area contributed by atoms with Crippen LogP contribution in [0, 0.1) is 10.1 Å². The van der Waals surface area contributed by atoms with Gasteiger partial charge in [0.15, 0.2) is 11.5 Å². The summed E-state index contributed by atoms with van der Waals surface area (Å²) in [6.07, 6.45) is 0. The summed E-state index contributed by atoms with van der Waals surface area (Å²) in [5, 5.41) is 11.3. The molecule has 2 aromatic carbocycles. The van der Waals surface area contributed by atoms with Crippen LogP contribution in [0.1, 0.15) is 15.9 Å². The van der Waals surface area contributed by atoms with E-state index in [1.54, 1.807) is 26.3 Å². The lowest BCUT2D eigenvalue weighted by atomic mass is 10.1. The number of primary amides is 1. The van der Waals surface area contributed by atoms with Gasteiger partial charge in [-0.1, -0.05) is 0 Å². The molecule has 2 aromatic rings. The highest BCUT2D eigenvalue weighted by Crippen LogP contribution is 2.32. The minimum atomic E-state index is -0.706. The normalized spacial score (nSPS) is 10.2. The highest BCUT2D eigenvalue weighted by atomic mass is 16.6. The Morgan fingerprint density at radius 3 is 2.40 bits per heavy atom. The van der Waals surface area contributed by atoms with Gasteiger partial charge in [0.1, 0.15) is 0 Å². The molecule has 0 bridgehead atoms. The predicted molar refractivity (Wildman–Crippen MR) is 93.3 cm³/mol. The van der Waals surface area contributed by atoms with Crippen molar-refractivity contribution in [2.24, 2.45) is 5.73 Å². The first-order chi connectivity index (χ1) is 11.9. The van der Waals surface area contributed by atoms with Gasteiger partial charge in [0.25, 0.3) is 5.69 Å². The van der Waals surface area contributed by atoms with Crippen LogP contribution in [0.15, 0.2) is 36.4 Å². The summed E-state index contributed by atoms with van der Waals surface area (Å²) in [6, 6.07) is 9.57. The van der Waals surface area contributed by atoms with Crippen molar-refractivity contribution in [3.63, 3.8) is 0 Å². The first-order valence-electron chi connectivity index (χ1n) is 7.37. The Morgan fingerprint density at radius 1 is 1.16 bits per heavy atom. The molecule has 0 heterocycles. The van der Waals surface area contributed by atoms with E-state index >= 15 is 0 Å². The number of methoxy groups -OCH3 is 2. The average molecular weight is 345 g/mol. The van der Waals surface area contributed by atoms with Crippen LogP contribution in [0.4, 0.5) is 11.4 Å². The summed E-state index contributed by atoms with van der Waals surface area (Å²) in [6.45, 7) is 0.269. The van der Waals surface area contributed by atoms with E-state index < -0.39 is 10.8 Å². The predicted octanol–water partition coefficient (Wildman–Crippen LogP) is 2.35. The van der Waals surface area contributed by atoms with Crippen LogP contribution in [0.2, 0.25) is 0 Å². The Balaban J connectivity index is 2.32. The van der Waals surface area contributed by atoms with Crippen molar-refractivity contribution in [3.8, 4) is 11.5 Å². The molecule has 8 heteroatoms. The second-order valence-electron chi connectivity index (χ2n) is 5.36.